The molecule has 0 aliphatic heterocycles. The first kappa shape index (κ1) is 15.2. The van der Waals surface area contributed by atoms with Crippen LogP contribution in [0.2, 0.25) is 0 Å². The van der Waals surface area contributed by atoms with Gasteiger partial charge in [-0.2, -0.15) is 0 Å². The minimum absolute atomic E-state index is 0.0400. The van der Waals surface area contributed by atoms with Crippen molar-refractivity contribution in [2.75, 3.05) is 37.8 Å². The van der Waals surface area contributed by atoms with Crippen molar-refractivity contribution >= 4 is 17.5 Å². The summed E-state index contributed by atoms with van der Waals surface area (Å²) in [4.78, 5) is 22.2. The molecule has 0 atom stereocenters. The van der Waals surface area contributed by atoms with Gasteiger partial charge in [-0.3, -0.25) is 4.79 Å². The SMILES string of the molecule is CCN(C)C(=O)CNc1cc(NC)nc(C(C)C)n1. The maximum absolute atomic E-state index is 11.7. The van der Waals surface area contributed by atoms with Gasteiger partial charge < -0.3 is 15.5 Å². The van der Waals surface area contributed by atoms with E-state index in [2.05, 4.69) is 20.6 Å². The van der Waals surface area contributed by atoms with Gasteiger partial charge >= 0.3 is 0 Å². The van der Waals surface area contributed by atoms with Gasteiger partial charge in [-0.25, -0.2) is 9.97 Å². The topological polar surface area (TPSA) is 70.2 Å². The van der Waals surface area contributed by atoms with E-state index >= 15 is 0 Å². The molecule has 0 spiro atoms. The number of amides is 1. The van der Waals surface area contributed by atoms with Crippen molar-refractivity contribution in [2.45, 2.75) is 26.7 Å². The van der Waals surface area contributed by atoms with E-state index in [1.54, 1.807) is 18.0 Å². The number of nitrogens with zero attached hydrogens (tertiary/aromatic N) is 3. The number of nitrogens with one attached hydrogen (secondary N) is 2. The zero-order chi connectivity index (χ0) is 14.4. The first-order chi connectivity index (χ1) is 8.97. The average Bonchev–Trinajstić information content (AvgIpc) is 2.43. The first-order valence-electron chi connectivity index (χ1n) is 6.52. The van der Waals surface area contributed by atoms with Gasteiger partial charge in [-0.15, -0.1) is 0 Å². The summed E-state index contributed by atoms with van der Waals surface area (Å²) in [5.74, 6) is 2.45. The van der Waals surface area contributed by atoms with Gasteiger partial charge in [-0.1, -0.05) is 13.8 Å². The Morgan fingerprint density at radius 1 is 1.37 bits per heavy atom. The van der Waals surface area contributed by atoms with E-state index in [1.165, 1.54) is 0 Å². The van der Waals surface area contributed by atoms with Crippen molar-refractivity contribution in [2.24, 2.45) is 0 Å². The molecule has 0 saturated heterocycles. The molecule has 1 rings (SSSR count). The van der Waals surface area contributed by atoms with Crippen molar-refractivity contribution in [3.8, 4) is 0 Å². The maximum atomic E-state index is 11.7. The Balaban J connectivity index is 2.77. The van der Waals surface area contributed by atoms with Gasteiger partial charge in [0.05, 0.1) is 6.54 Å². The molecule has 0 unspecified atom stereocenters. The van der Waals surface area contributed by atoms with Crippen molar-refractivity contribution < 1.29 is 4.79 Å². The number of anilines is 2. The minimum Gasteiger partial charge on any atom is -0.373 e. The average molecular weight is 265 g/mol. The molecule has 6 nitrogen and oxygen atoms in total. The van der Waals surface area contributed by atoms with Crippen LogP contribution in [0.3, 0.4) is 0 Å². The van der Waals surface area contributed by atoms with Gasteiger partial charge in [0, 0.05) is 32.6 Å². The lowest BCUT2D eigenvalue weighted by molar-refractivity contribution is -0.127. The van der Waals surface area contributed by atoms with Crippen LogP contribution in [0.1, 0.15) is 32.5 Å². The van der Waals surface area contributed by atoms with Crippen LogP contribution >= 0.6 is 0 Å². The number of hydrogen-bond donors (Lipinski definition) is 2. The molecule has 0 aliphatic rings. The Morgan fingerprint density at radius 3 is 2.53 bits per heavy atom. The number of carbonyl (C=O) groups excluding carboxylic acids is 1. The fraction of sp³-hybridized carbons (Fsp3) is 0.615. The lowest BCUT2D eigenvalue weighted by atomic mass is 10.2. The molecule has 106 valence electrons. The largest absolute Gasteiger partial charge is 0.373 e. The summed E-state index contributed by atoms with van der Waals surface area (Å²) in [5.41, 5.74) is 0. The van der Waals surface area contributed by atoms with E-state index in [9.17, 15) is 4.79 Å². The van der Waals surface area contributed by atoms with Crippen LogP contribution in [-0.4, -0.2) is 48.0 Å². The van der Waals surface area contributed by atoms with E-state index in [-0.39, 0.29) is 18.4 Å². The van der Waals surface area contributed by atoms with Crippen LogP contribution < -0.4 is 10.6 Å². The van der Waals surface area contributed by atoms with Gasteiger partial charge in [-0.05, 0) is 6.92 Å². The van der Waals surface area contributed by atoms with Gasteiger partial charge in [0.25, 0.3) is 0 Å². The maximum Gasteiger partial charge on any atom is 0.241 e. The Morgan fingerprint density at radius 2 is 2.00 bits per heavy atom. The number of aromatic nitrogens is 2. The number of rotatable bonds is 6. The monoisotopic (exact) mass is 265 g/mol. The lowest BCUT2D eigenvalue weighted by Crippen LogP contribution is -2.32. The highest BCUT2D eigenvalue weighted by Crippen LogP contribution is 2.16. The summed E-state index contributed by atoms with van der Waals surface area (Å²) < 4.78 is 0. The zero-order valence-corrected chi connectivity index (χ0v) is 12.3. The van der Waals surface area contributed by atoms with Crippen LogP contribution in [0.25, 0.3) is 0 Å². The molecule has 1 amide bonds. The van der Waals surface area contributed by atoms with E-state index in [0.29, 0.717) is 12.4 Å². The molecule has 0 fully saturated rings. The second-order valence-electron chi connectivity index (χ2n) is 4.66. The molecule has 0 radical (unpaired) electrons. The second kappa shape index (κ2) is 6.92. The van der Waals surface area contributed by atoms with Crippen LogP contribution in [0, 0.1) is 0 Å². The second-order valence-corrected chi connectivity index (χ2v) is 4.66. The standard InChI is InChI=1S/C13H23N5O/c1-6-18(5)12(19)8-15-11-7-10(14-4)16-13(17-11)9(2)3/h7,9H,6,8H2,1-5H3,(H2,14,15,16,17). The van der Waals surface area contributed by atoms with E-state index in [1.807, 2.05) is 27.8 Å². The molecule has 0 aliphatic carbocycles. The number of hydrogen-bond acceptors (Lipinski definition) is 5. The first-order valence-corrected chi connectivity index (χ1v) is 6.52. The molecule has 2 N–H and O–H groups in total. The molecular formula is C13H23N5O. The Labute approximate surface area is 114 Å². The van der Waals surface area contributed by atoms with Crippen LogP contribution in [0.5, 0.6) is 0 Å². The van der Waals surface area contributed by atoms with Crippen LogP contribution in [0.15, 0.2) is 6.07 Å². The highest BCUT2D eigenvalue weighted by molar-refractivity contribution is 5.80. The quantitative estimate of drug-likeness (QED) is 0.816. The molecule has 0 aromatic carbocycles. The smallest absolute Gasteiger partial charge is 0.241 e. The van der Waals surface area contributed by atoms with Crippen molar-refractivity contribution in [3.05, 3.63) is 11.9 Å². The van der Waals surface area contributed by atoms with Crippen LogP contribution in [0.4, 0.5) is 11.6 Å². The van der Waals surface area contributed by atoms with Crippen molar-refractivity contribution in [1.29, 1.82) is 0 Å². The highest BCUT2D eigenvalue weighted by atomic mass is 16.2. The molecule has 19 heavy (non-hydrogen) atoms. The summed E-state index contributed by atoms with van der Waals surface area (Å²) in [6, 6.07) is 1.80. The minimum atomic E-state index is 0.0400. The fourth-order valence-electron chi connectivity index (χ4n) is 1.42. The Bertz CT molecular complexity index is 433. The third-order valence-corrected chi connectivity index (χ3v) is 2.84. The summed E-state index contributed by atoms with van der Waals surface area (Å²) in [6.45, 7) is 6.95. The lowest BCUT2D eigenvalue weighted by Gasteiger charge is -2.16. The Hall–Kier alpha value is -1.85. The predicted octanol–water partition coefficient (Wildman–Crippen LogP) is 1.53. The molecule has 6 heteroatoms. The Kier molecular flexibility index (Phi) is 5.54. The van der Waals surface area contributed by atoms with Gasteiger partial charge in [0.15, 0.2) is 0 Å². The molecule has 1 heterocycles. The summed E-state index contributed by atoms with van der Waals surface area (Å²) >= 11 is 0. The van der Waals surface area contributed by atoms with E-state index in [4.69, 9.17) is 0 Å². The summed E-state index contributed by atoms with van der Waals surface area (Å²) in [5, 5.41) is 6.05. The third kappa shape index (κ3) is 4.39. The fourth-order valence-corrected chi connectivity index (χ4v) is 1.42. The third-order valence-electron chi connectivity index (χ3n) is 2.84. The molecular weight excluding hydrogens is 242 g/mol. The van der Waals surface area contributed by atoms with E-state index in [0.717, 1.165) is 11.6 Å². The molecule has 1 aromatic rings. The van der Waals surface area contributed by atoms with Gasteiger partial charge in [0.2, 0.25) is 5.91 Å². The normalized spacial score (nSPS) is 10.4. The number of likely N-dealkylation sites (N-methyl/N-ethyl adjacent to an activating group) is 1. The highest BCUT2D eigenvalue weighted by Gasteiger charge is 2.10. The summed E-state index contributed by atoms with van der Waals surface area (Å²) in [7, 11) is 3.59. The van der Waals surface area contributed by atoms with Crippen molar-refractivity contribution in [1.82, 2.24) is 14.9 Å². The number of carbonyl (C=O) groups is 1. The summed E-state index contributed by atoms with van der Waals surface area (Å²) in [6.07, 6.45) is 0. The van der Waals surface area contributed by atoms with Crippen LogP contribution in [-0.2, 0) is 4.79 Å². The van der Waals surface area contributed by atoms with E-state index < -0.39 is 0 Å². The molecule has 0 saturated carbocycles. The predicted molar refractivity (Wildman–Crippen MR) is 77.5 cm³/mol. The van der Waals surface area contributed by atoms with Crippen molar-refractivity contribution in [3.63, 3.8) is 0 Å². The zero-order valence-electron chi connectivity index (χ0n) is 12.3. The molecule has 1 aromatic heterocycles. The van der Waals surface area contributed by atoms with Gasteiger partial charge in [0.1, 0.15) is 17.5 Å². The molecule has 0 bridgehead atoms.